The lowest BCUT2D eigenvalue weighted by Gasteiger charge is -2.23. The van der Waals surface area contributed by atoms with Gasteiger partial charge in [0, 0.05) is 18.8 Å². The van der Waals surface area contributed by atoms with Gasteiger partial charge >= 0.3 is 0 Å². The lowest BCUT2D eigenvalue weighted by molar-refractivity contribution is 0.423. The van der Waals surface area contributed by atoms with Gasteiger partial charge in [0.05, 0.1) is 10.6 Å². The minimum atomic E-state index is 0.378. The predicted molar refractivity (Wildman–Crippen MR) is 82.5 cm³/mol. The van der Waals surface area contributed by atoms with Crippen LogP contribution < -0.4 is 10.6 Å². The Morgan fingerprint density at radius 3 is 2.78 bits per heavy atom. The highest BCUT2D eigenvalue weighted by Gasteiger charge is 2.27. The fourth-order valence-corrected chi connectivity index (χ4v) is 3.11. The number of thiocarbonyl (C=S) groups is 1. The van der Waals surface area contributed by atoms with Crippen LogP contribution in [-0.4, -0.2) is 18.1 Å². The zero-order chi connectivity index (χ0) is 13.3. The van der Waals surface area contributed by atoms with Crippen molar-refractivity contribution in [1.29, 1.82) is 0 Å². The summed E-state index contributed by atoms with van der Waals surface area (Å²) in [6.45, 7) is 6.67. The number of nitrogens with two attached hydrogens (primary N) is 1. The molecule has 4 heteroatoms. The molecule has 0 amide bonds. The van der Waals surface area contributed by atoms with E-state index in [1.54, 1.807) is 0 Å². The van der Waals surface area contributed by atoms with Crippen LogP contribution in [0.25, 0.3) is 0 Å². The number of hydrogen-bond donors (Lipinski definition) is 1. The Bertz CT molecular complexity index is 459. The molecule has 1 unspecified atom stereocenters. The molecule has 1 aromatic rings. The number of benzene rings is 1. The first-order valence-corrected chi connectivity index (χ1v) is 7.12. The van der Waals surface area contributed by atoms with Gasteiger partial charge in [0.25, 0.3) is 0 Å². The molecule has 1 saturated heterocycles. The van der Waals surface area contributed by atoms with Crippen molar-refractivity contribution in [3.63, 3.8) is 0 Å². The number of hydrogen-bond acceptors (Lipinski definition) is 2. The van der Waals surface area contributed by atoms with E-state index in [2.05, 4.69) is 24.8 Å². The highest BCUT2D eigenvalue weighted by atomic mass is 35.5. The van der Waals surface area contributed by atoms with Crippen molar-refractivity contribution in [1.82, 2.24) is 0 Å². The first kappa shape index (κ1) is 13.6. The molecule has 1 atom stereocenters. The summed E-state index contributed by atoms with van der Waals surface area (Å²) in [6.07, 6.45) is 1.22. The molecule has 2 N–H and O–H groups in total. The van der Waals surface area contributed by atoms with Gasteiger partial charge in [-0.3, -0.25) is 0 Å². The standard InChI is InChI=1S/C14H19ClN2S/c1-9(2)10-6-7-17(8-10)12-5-3-4-11(15)13(12)14(16)18/h3-5,9-10H,6-8H2,1-2H3,(H2,16,18). The summed E-state index contributed by atoms with van der Waals surface area (Å²) in [7, 11) is 0. The van der Waals surface area contributed by atoms with Crippen LogP contribution in [-0.2, 0) is 0 Å². The number of halogens is 1. The summed E-state index contributed by atoms with van der Waals surface area (Å²) in [6, 6.07) is 5.86. The number of nitrogens with zero attached hydrogens (tertiary/aromatic N) is 1. The zero-order valence-corrected chi connectivity index (χ0v) is 12.4. The molecule has 2 nitrogen and oxygen atoms in total. The number of anilines is 1. The maximum Gasteiger partial charge on any atom is 0.107 e. The van der Waals surface area contributed by atoms with Crippen LogP contribution in [0.4, 0.5) is 5.69 Å². The summed E-state index contributed by atoms with van der Waals surface area (Å²) in [5.74, 6) is 1.45. The highest BCUT2D eigenvalue weighted by Crippen LogP contribution is 2.33. The second-order valence-electron chi connectivity index (χ2n) is 5.24. The van der Waals surface area contributed by atoms with Crippen molar-refractivity contribution in [2.75, 3.05) is 18.0 Å². The fraction of sp³-hybridized carbons (Fsp3) is 0.500. The highest BCUT2D eigenvalue weighted by molar-refractivity contribution is 7.80. The Hall–Kier alpha value is -0.800. The zero-order valence-electron chi connectivity index (χ0n) is 10.8. The molecule has 1 fully saturated rings. The minimum Gasteiger partial charge on any atom is -0.389 e. The van der Waals surface area contributed by atoms with E-state index in [4.69, 9.17) is 29.6 Å². The van der Waals surface area contributed by atoms with E-state index in [1.165, 1.54) is 6.42 Å². The third-order valence-corrected chi connectivity index (χ3v) is 4.27. The third-order valence-electron chi connectivity index (χ3n) is 3.75. The van der Waals surface area contributed by atoms with Crippen molar-refractivity contribution in [2.45, 2.75) is 20.3 Å². The molecule has 0 aromatic heterocycles. The summed E-state index contributed by atoms with van der Waals surface area (Å²) < 4.78 is 0. The largest absolute Gasteiger partial charge is 0.389 e. The summed E-state index contributed by atoms with van der Waals surface area (Å²) >= 11 is 11.3. The lowest BCUT2D eigenvalue weighted by atomic mass is 9.95. The molecule has 1 heterocycles. The maximum atomic E-state index is 6.21. The maximum absolute atomic E-state index is 6.21. The second kappa shape index (κ2) is 5.45. The minimum absolute atomic E-state index is 0.378. The monoisotopic (exact) mass is 282 g/mol. The second-order valence-corrected chi connectivity index (χ2v) is 6.08. The van der Waals surface area contributed by atoms with Crippen molar-refractivity contribution in [3.8, 4) is 0 Å². The van der Waals surface area contributed by atoms with Gasteiger partial charge in [0.2, 0.25) is 0 Å². The van der Waals surface area contributed by atoms with Gasteiger partial charge in [-0.2, -0.15) is 0 Å². The van der Waals surface area contributed by atoms with Gasteiger partial charge in [-0.1, -0.05) is 43.7 Å². The summed E-state index contributed by atoms with van der Waals surface area (Å²) in [5, 5.41) is 0.646. The van der Waals surface area contributed by atoms with Crippen LogP contribution in [0.2, 0.25) is 5.02 Å². The molecule has 0 saturated carbocycles. The number of rotatable bonds is 3. The van der Waals surface area contributed by atoms with E-state index in [0.717, 1.165) is 30.3 Å². The molecule has 18 heavy (non-hydrogen) atoms. The van der Waals surface area contributed by atoms with Gasteiger partial charge in [-0.05, 0) is 30.4 Å². The van der Waals surface area contributed by atoms with Crippen LogP contribution in [0, 0.1) is 11.8 Å². The van der Waals surface area contributed by atoms with Crippen LogP contribution >= 0.6 is 23.8 Å². The Labute approximate surface area is 119 Å². The van der Waals surface area contributed by atoms with Gasteiger partial charge in [-0.25, -0.2) is 0 Å². The first-order chi connectivity index (χ1) is 8.50. The molecule has 1 aliphatic heterocycles. The molecule has 2 rings (SSSR count). The fourth-order valence-electron chi connectivity index (χ4n) is 2.57. The van der Waals surface area contributed by atoms with Gasteiger partial charge in [0.1, 0.15) is 4.99 Å². The van der Waals surface area contributed by atoms with E-state index in [-0.39, 0.29) is 0 Å². The van der Waals surface area contributed by atoms with Crippen molar-refractivity contribution in [3.05, 3.63) is 28.8 Å². The normalized spacial score (nSPS) is 19.6. The van der Waals surface area contributed by atoms with Crippen molar-refractivity contribution in [2.24, 2.45) is 17.6 Å². The first-order valence-electron chi connectivity index (χ1n) is 6.34. The van der Waals surface area contributed by atoms with Crippen LogP contribution in [0.1, 0.15) is 25.8 Å². The SMILES string of the molecule is CC(C)C1CCN(c2cccc(Cl)c2C(N)=S)C1. The molecular weight excluding hydrogens is 264 g/mol. The van der Waals surface area contributed by atoms with Crippen LogP contribution in [0.3, 0.4) is 0 Å². The Kier molecular flexibility index (Phi) is 4.13. The summed E-state index contributed by atoms with van der Waals surface area (Å²) in [5.41, 5.74) is 7.70. The van der Waals surface area contributed by atoms with Crippen molar-refractivity contribution < 1.29 is 0 Å². The van der Waals surface area contributed by atoms with Crippen LogP contribution in [0.5, 0.6) is 0 Å². The van der Waals surface area contributed by atoms with Gasteiger partial charge in [-0.15, -0.1) is 0 Å². The van der Waals surface area contributed by atoms with E-state index >= 15 is 0 Å². The molecular formula is C14H19ClN2S. The molecule has 0 spiro atoms. The van der Waals surface area contributed by atoms with Gasteiger partial charge in [0.15, 0.2) is 0 Å². The van der Waals surface area contributed by atoms with E-state index in [1.807, 2.05) is 12.1 Å². The van der Waals surface area contributed by atoms with Crippen molar-refractivity contribution >= 4 is 34.5 Å². The Morgan fingerprint density at radius 1 is 1.50 bits per heavy atom. The molecule has 1 aromatic carbocycles. The Morgan fingerprint density at radius 2 is 2.22 bits per heavy atom. The molecule has 1 aliphatic rings. The molecule has 0 bridgehead atoms. The van der Waals surface area contributed by atoms with E-state index in [9.17, 15) is 0 Å². The Balaban J connectivity index is 2.30. The molecule has 0 radical (unpaired) electrons. The van der Waals surface area contributed by atoms with Crippen LogP contribution in [0.15, 0.2) is 18.2 Å². The lowest BCUT2D eigenvalue weighted by Crippen LogP contribution is -2.25. The topological polar surface area (TPSA) is 29.3 Å². The van der Waals surface area contributed by atoms with E-state index < -0.39 is 0 Å². The average Bonchev–Trinajstić information content (AvgIpc) is 2.77. The average molecular weight is 283 g/mol. The molecule has 0 aliphatic carbocycles. The predicted octanol–water partition coefficient (Wildman–Crippen LogP) is 3.46. The van der Waals surface area contributed by atoms with E-state index in [0.29, 0.717) is 15.9 Å². The summed E-state index contributed by atoms with van der Waals surface area (Å²) in [4.78, 5) is 2.73. The molecule has 98 valence electrons. The quantitative estimate of drug-likeness (QED) is 0.861. The smallest absolute Gasteiger partial charge is 0.107 e. The third kappa shape index (κ3) is 2.62. The van der Waals surface area contributed by atoms with Gasteiger partial charge < -0.3 is 10.6 Å².